The number of carbonyl (C=O) groups excluding carboxylic acids is 5. The Morgan fingerprint density at radius 3 is 2.68 bits per heavy atom. The fourth-order valence-corrected chi connectivity index (χ4v) is 3.76. The number of imide groups is 2. The molecule has 4 rings (SSSR count). The number of hydrogen-bond acceptors (Lipinski definition) is 7. The minimum Gasteiger partial charge on any atom is -0.448 e. The highest BCUT2D eigenvalue weighted by atomic mass is 16.3. The quantitative estimate of drug-likeness (QED) is 0.686. The Kier molecular flexibility index (Phi) is 5.14. The molecule has 0 saturated carbocycles. The summed E-state index contributed by atoms with van der Waals surface area (Å²) < 4.78 is 5.33. The van der Waals surface area contributed by atoms with Gasteiger partial charge in [0.05, 0.1) is 17.7 Å². The van der Waals surface area contributed by atoms with Crippen molar-refractivity contribution < 1.29 is 28.4 Å². The first-order chi connectivity index (χ1) is 14.8. The Balaban J connectivity index is 1.51. The van der Waals surface area contributed by atoms with Gasteiger partial charge in [0.15, 0.2) is 6.39 Å². The van der Waals surface area contributed by atoms with Crippen LogP contribution in [0.2, 0.25) is 0 Å². The molecule has 31 heavy (non-hydrogen) atoms. The second-order valence-electron chi connectivity index (χ2n) is 7.71. The summed E-state index contributed by atoms with van der Waals surface area (Å²) in [4.78, 5) is 66.6. The van der Waals surface area contributed by atoms with E-state index in [0.29, 0.717) is 11.5 Å². The van der Waals surface area contributed by atoms with Gasteiger partial charge in [-0.15, -0.1) is 0 Å². The number of nitrogens with one attached hydrogen (secondary N) is 2. The predicted molar refractivity (Wildman–Crippen MR) is 105 cm³/mol. The number of carbonyl (C=O) groups is 5. The van der Waals surface area contributed by atoms with Gasteiger partial charge in [-0.05, 0) is 24.6 Å². The first-order valence-electron chi connectivity index (χ1n) is 9.84. The Hall–Kier alpha value is -3.82. The van der Waals surface area contributed by atoms with Crippen LogP contribution in [0, 0.1) is 0 Å². The number of amides is 5. The molecule has 0 spiro atoms. The van der Waals surface area contributed by atoms with Crippen molar-refractivity contribution in [1.82, 2.24) is 20.5 Å². The van der Waals surface area contributed by atoms with Crippen molar-refractivity contribution in [2.75, 3.05) is 0 Å². The summed E-state index contributed by atoms with van der Waals surface area (Å²) in [5, 5.41) is 4.87. The zero-order chi connectivity index (χ0) is 22.3. The fraction of sp³-hybridized carbons (Fsp3) is 0.333. The van der Waals surface area contributed by atoms with Crippen LogP contribution in [0.1, 0.15) is 75.1 Å². The Bertz CT molecular complexity index is 1120. The highest BCUT2D eigenvalue weighted by Crippen LogP contribution is 2.28. The van der Waals surface area contributed by atoms with E-state index in [1.807, 2.05) is 13.8 Å². The van der Waals surface area contributed by atoms with E-state index in [9.17, 15) is 24.0 Å². The van der Waals surface area contributed by atoms with Crippen molar-refractivity contribution >= 4 is 29.5 Å². The number of oxazole rings is 1. The molecule has 160 valence electrons. The van der Waals surface area contributed by atoms with Crippen molar-refractivity contribution in [2.45, 2.75) is 45.2 Å². The maximum atomic E-state index is 12.9. The SMILES string of the molecule is CC(C)c1ocnc1CNC(=O)c1ccc2c(c1)C(=O)N(C1CCC(=O)NC1=O)C2=O. The number of rotatable bonds is 5. The molecule has 1 atom stereocenters. The normalized spacial score (nSPS) is 18.4. The van der Waals surface area contributed by atoms with Gasteiger partial charge in [0.25, 0.3) is 17.7 Å². The Labute approximate surface area is 177 Å². The molecule has 2 aliphatic heterocycles. The molecule has 2 aromatic rings. The molecule has 2 aliphatic rings. The maximum Gasteiger partial charge on any atom is 0.262 e. The highest BCUT2D eigenvalue weighted by molar-refractivity contribution is 6.24. The van der Waals surface area contributed by atoms with E-state index in [0.717, 1.165) is 4.90 Å². The first-order valence-corrected chi connectivity index (χ1v) is 9.84. The van der Waals surface area contributed by atoms with Crippen LogP contribution in [0.3, 0.4) is 0 Å². The second kappa shape index (κ2) is 7.78. The third-order valence-corrected chi connectivity index (χ3v) is 5.32. The van der Waals surface area contributed by atoms with Crippen LogP contribution in [0.5, 0.6) is 0 Å². The largest absolute Gasteiger partial charge is 0.448 e. The molecular weight excluding hydrogens is 404 g/mol. The monoisotopic (exact) mass is 424 g/mol. The number of fused-ring (bicyclic) bond motifs is 1. The molecule has 10 nitrogen and oxygen atoms in total. The van der Waals surface area contributed by atoms with Crippen LogP contribution in [0.25, 0.3) is 0 Å². The average molecular weight is 424 g/mol. The number of piperidine rings is 1. The molecular formula is C21H20N4O6. The molecule has 0 radical (unpaired) electrons. The van der Waals surface area contributed by atoms with Crippen LogP contribution in [0.15, 0.2) is 29.0 Å². The Morgan fingerprint density at radius 2 is 1.97 bits per heavy atom. The topological polar surface area (TPSA) is 139 Å². The molecule has 10 heteroatoms. The van der Waals surface area contributed by atoms with E-state index >= 15 is 0 Å². The summed E-state index contributed by atoms with van der Waals surface area (Å²) in [6, 6.07) is 3.12. The van der Waals surface area contributed by atoms with Crippen LogP contribution in [-0.4, -0.2) is 45.5 Å². The zero-order valence-corrected chi connectivity index (χ0v) is 16.9. The van der Waals surface area contributed by atoms with E-state index in [1.165, 1.54) is 24.6 Å². The fourth-order valence-electron chi connectivity index (χ4n) is 3.76. The summed E-state index contributed by atoms with van der Waals surface area (Å²) in [7, 11) is 0. The number of benzene rings is 1. The number of hydrogen-bond donors (Lipinski definition) is 2. The summed E-state index contributed by atoms with van der Waals surface area (Å²) in [6.07, 6.45) is 1.43. The van der Waals surface area contributed by atoms with Crippen LogP contribution in [0.4, 0.5) is 0 Å². The molecule has 1 aromatic carbocycles. The minimum atomic E-state index is -1.05. The van der Waals surface area contributed by atoms with Gasteiger partial charge in [-0.3, -0.25) is 34.2 Å². The first kappa shape index (κ1) is 20.5. The van der Waals surface area contributed by atoms with Gasteiger partial charge in [-0.25, -0.2) is 4.98 Å². The van der Waals surface area contributed by atoms with Crippen molar-refractivity contribution in [3.8, 4) is 0 Å². The molecule has 5 amide bonds. The lowest BCUT2D eigenvalue weighted by Crippen LogP contribution is -2.54. The van der Waals surface area contributed by atoms with Gasteiger partial charge in [0.2, 0.25) is 11.8 Å². The number of aromatic nitrogens is 1. The molecule has 1 saturated heterocycles. The molecule has 1 unspecified atom stereocenters. The zero-order valence-electron chi connectivity index (χ0n) is 16.9. The molecule has 1 aromatic heterocycles. The third kappa shape index (κ3) is 3.60. The van der Waals surface area contributed by atoms with Crippen LogP contribution < -0.4 is 10.6 Å². The lowest BCUT2D eigenvalue weighted by Gasteiger charge is -2.27. The average Bonchev–Trinajstić information content (AvgIpc) is 3.30. The summed E-state index contributed by atoms with van der Waals surface area (Å²) in [6.45, 7) is 4.04. The van der Waals surface area contributed by atoms with Crippen molar-refractivity contribution in [1.29, 1.82) is 0 Å². The summed E-state index contributed by atoms with van der Waals surface area (Å²) >= 11 is 0. The molecule has 3 heterocycles. The summed E-state index contributed by atoms with van der Waals surface area (Å²) in [5.41, 5.74) is 0.968. The second-order valence-corrected chi connectivity index (χ2v) is 7.71. The van der Waals surface area contributed by atoms with Crippen molar-refractivity contribution in [3.05, 3.63) is 52.7 Å². The van der Waals surface area contributed by atoms with Gasteiger partial charge in [-0.1, -0.05) is 13.8 Å². The molecule has 1 fully saturated rings. The third-order valence-electron chi connectivity index (χ3n) is 5.32. The molecule has 0 bridgehead atoms. The maximum absolute atomic E-state index is 12.9. The number of nitrogens with zero attached hydrogens (tertiary/aromatic N) is 2. The van der Waals surface area contributed by atoms with Gasteiger partial charge in [0.1, 0.15) is 17.5 Å². The van der Waals surface area contributed by atoms with E-state index in [1.54, 1.807) is 0 Å². The standard InChI is InChI=1S/C21H20N4O6/c1-10(2)17-14(23-9-31-17)8-22-18(27)11-3-4-12-13(7-11)21(30)25(20(12)29)15-5-6-16(26)24-19(15)28/h3-4,7,9-10,15H,5-6,8H2,1-2H3,(H,22,27)(H,24,26,28). The molecule has 0 aliphatic carbocycles. The van der Waals surface area contributed by atoms with Gasteiger partial charge in [-0.2, -0.15) is 0 Å². The van der Waals surface area contributed by atoms with E-state index in [-0.39, 0.29) is 42.0 Å². The Morgan fingerprint density at radius 1 is 1.23 bits per heavy atom. The molecule has 2 N–H and O–H groups in total. The minimum absolute atomic E-state index is 0.0396. The lowest BCUT2D eigenvalue weighted by atomic mass is 10.0. The highest BCUT2D eigenvalue weighted by Gasteiger charge is 2.44. The predicted octanol–water partition coefficient (Wildman–Crippen LogP) is 1.13. The van der Waals surface area contributed by atoms with Gasteiger partial charge in [0, 0.05) is 17.9 Å². The van der Waals surface area contributed by atoms with Gasteiger partial charge < -0.3 is 9.73 Å². The van der Waals surface area contributed by atoms with Crippen molar-refractivity contribution in [2.24, 2.45) is 0 Å². The lowest BCUT2D eigenvalue weighted by molar-refractivity contribution is -0.136. The van der Waals surface area contributed by atoms with E-state index < -0.39 is 35.6 Å². The van der Waals surface area contributed by atoms with E-state index in [4.69, 9.17) is 4.42 Å². The van der Waals surface area contributed by atoms with E-state index in [2.05, 4.69) is 15.6 Å². The smallest absolute Gasteiger partial charge is 0.262 e. The van der Waals surface area contributed by atoms with Crippen LogP contribution in [-0.2, 0) is 16.1 Å². The van der Waals surface area contributed by atoms with Crippen molar-refractivity contribution in [3.63, 3.8) is 0 Å². The van der Waals surface area contributed by atoms with Crippen LogP contribution >= 0.6 is 0 Å². The summed E-state index contributed by atoms with van der Waals surface area (Å²) in [5.74, 6) is -2.07. The van der Waals surface area contributed by atoms with Gasteiger partial charge >= 0.3 is 0 Å².